The van der Waals surface area contributed by atoms with E-state index >= 15 is 0 Å². The van der Waals surface area contributed by atoms with Gasteiger partial charge in [-0.25, -0.2) is 0 Å². The summed E-state index contributed by atoms with van der Waals surface area (Å²) >= 11 is 0. The Bertz CT molecular complexity index is 538. The van der Waals surface area contributed by atoms with Gasteiger partial charge in [0.15, 0.2) is 5.82 Å². The normalized spacial score (nSPS) is 22.9. The fourth-order valence-electron chi connectivity index (χ4n) is 2.67. The third kappa shape index (κ3) is 3.07. The second kappa shape index (κ2) is 6.18. The zero-order chi connectivity index (χ0) is 13.8. The van der Waals surface area contributed by atoms with Crippen molar-refractivity contribution in [2.75, 3.05) is 13.2 Å². The minimum atomic E-state index is 0.349. The first-order chi connectivity index (χ1) is 9.83. The van der Waals surface area contributed by atoms with Crippen LogP contribution in [0.15, 0.2) is 34.9 Å². The summed E-state index contributed by atoms with van der Waals surface area (Å²) < 4.78 is 10.9. The Morgan fingerprint density at radius 3 is 2.85 bits per heavy atom. The Balaban J connectivity index is 1.62. The summed E-state index contributed by atoms with van der Waals surface area (Å²) in [5.41, 5.74) is 1.30. The Labute approximate surface area is 119 Å². The molecule has 0 bridgehead atoms. The van der Waals surface area contributed by atoms with Crippen LogP contribution in [0.5, 0.6) is 0 Å². The fourth-order valence-corrected chi connectivity index (χ4v) is 2.67. The molecule has 0 amide bonds. The van der Waals surface area contributed by atoms with Crippen LogP contribution in [0, 0.1) is 5.92 Å². The number of rotatable bonds is 4. The van der Waals surface area contributed by atoms with Gasteiger partial charge in [0.05, 0.1) is 0 Å². The van der Waals surface area contributed by atoms with E-state index in [-0.39, 0.29) is 0 Å². The third-order valence-electron chi connectivity index (χ3n) is 3.92. The minimum Gasteiger partial charge on any atom is -0.381 e. The van der Waals surface area contributed by atoms with Crippen molar-refractivity contribution < 1.29 is 9.26 Å². The van der Waals surface area contributed by atoms with Crippen LogP contribution in [0.3, 0.4) is 0 Å². The van der Waals surface area contributed by atoms with E-state index in [4.69, 9.17) is 9.26 Å². The highest BCUT2D eigenvalue weighted by molar-refractivity contribution is 5.15. The number of nitrogens with zero attached hydrogens (tertiary/aromatic N) is 2. The lowest BCUT2D eigenvalue weighted by Crippen LogP contribution is -2.23. The van der Waals surface area contributed by atoms with E-state index in [9.17, 15) is 0 Å². The van der Waals surface area contributed by atoms with Gasteiger partial charge in [0.2, 0.25) is 5.89 Å². The summed E-state index contributed by atoms with van der Waals surface area (Å²) in [5, 5.41) is 4.11. The second-order valence-corrected chi connectivity index (χ2v) is 5.48. The topological polar surface area (TPSA) is 48.2 Å². The highest BCUT2D eigenvalue weighted by Crippen LogP contribution is 2.30. The maximum Gasteiger partial charge on any atom is 0.230 e. The molecule has 1 aliphatic heterocycles. The molecular weight excluding hydrogens is 252 g/mol. The van der Waals surface area contributed by atoms with Gasteiger partial charge < -0.3 is 9.26 Å². The molecule has 1 aromatic heterocycles. The predicted octanol–water partition coefficient (Wildman–Crippen LogP) is 2.99. The van der Waals surface area contributed by atoms with Crippen LogP contribution in [-0.4, -0.2) is 23.4 Å². The van der Waals surface area contributed by atoms with Gasteiger partial charge in [-0.2, -0.15) is 4.98 Å². The van der Waals surface area contributed by atoms with Gasteiger partial charge in [-0.1, -0.05) is 42.4 Å². The molecule has 2 atom stereocenters. The van der Waals surface area contributed by atoms with Crippen LogP contribution in [0.4, 0.5) is 0 Å². The molecule has 0 spiro atoms. The molecule has 1 saturated heterocycles. The number of aromatic nitrogens is 2. The third-order valence-corrected chi connectivity index (χ3v) is 3.92. The van der Waals surface area contributed by atoms with Gasteiger partial charge in [0.25, 0.3) is 0 Å². The first-order valence-corrected chi connectivity index (χ1v) is 7.27. The number of ether oxygens (including phenoxy) is 1. The van der Waals surface area contributed by atoms with Crippen LogP contribution in [0.25, 0.3) is 0 Å². The van der Waals surface area contributed by atoms with Crippen molar-refractivity contribution in [1.82, 2.24) is 10.1 Å². The Kier molecular flexibility index (Phi) is 4.11. The minimum absolute atomic E-state index is 0.349. The van der Waals surface area contributed by atoms with Crippen molar-refractivity contribution in [3.8, 4) is 0 Å². The van der Waals surface area contributed by atoms with Crippen LogP contribution >= 0.6 is 0 Å². The molecule has 1 aromatic carbocycles. The molecular formula is C16H20N2O2. The van der Waals surface area contributed by atoms with E-state index in [1.54, 1.807) is 0 Å². The second-order valence-electron chi connectivity index (χ2n) is 5.48. The van der Waals surface area contributed by atoms with Gasteiger partial charge in [-0.05, 0) is 24.3 Å². The summed E-state index contributed by atoms with van der Waals surface area (Å²) in [7, 11) is 0. The number of benzene rings is 1. The highest BCUT2D eigenvalue weighted by atomic mass is 16.5. The SMILES string of the molecule is CC1COCCC1c1nc(CCc2ccccc2)no1. The monoisotopic (exact) mass is 272 g/mol. The van der Waals surface area contributed by atoms with Crippen molar-refractivity contribution in [1.29, 1.82) is 0 Å². The van der Waals surface area contributed by atoms with Crippen molar-refractivity contribution in [3.63, 3.8) is 0 Å². The van der Waals surface area contributed by atoms with Gasteiger partial charge in [0, 0.05) is 25.6 Å². The lowest BCUT2D eigenvalue weighted by molar-refractivity contribution is 0.0392. The predicted molar refractivity (Wildman–Crippen MR) is 75.5 cm³/mol. The zero-order valence-corrected chi connectivity index (χ0v) is 11.8. The first kappa shape index (κ1) is 13.3. The van der Waals surface area contributed by atoms with Crippen molar-refractivity contribution in [2.45, 2.75) is 32.1 Å². The molecule has 2 unspecified atom stereocenters. The summed E-state index contributed by atoms with van der Waals surface area (Å²) in [5.74, 6) is 2.39. The molecule has 0 N–H and O–H groups in total. The molecule has 106 valence electrons. The Morgan fingerprint density at radius 1 is 1.20 bits per heavy atom. The van der Waals surface area contributed by atoms with Gasteiger partial charge >= 0.3 is 0 Å². The van der Waals surface area contributed by atoms with Gasteiger partial charge in [-0.15, -0.1) is 0 Å². The number of hydrogen-bond acceptors (Lipinski definition) is 4. The van der Waals surface area contributed by atoms with E-state index in [1.165, 1.54) is 5.56 Å². The fraction of sp³-hybridized carbons (Fsp3) is 0.500. The van der Waals surface area contributed by atoms with Crippen molar-refractivity contribution in [2.24, 2.45) is 5.92 Å². The molecule has 1 aliphatic rings. The van der Waals surface area contributed by atoms with Gasteiger partial charge in [0.1, 0.15) is 0 Å². The average Bonchev–Trinajstić information content (AvgIpc) is 2.95. The molecule has 2 aromatic rings. The molecule has 0 saturated carbocycles. The van der Waals surface area contributed by atoms with Crippen LogP contribution in [0.1, 0.15) is 36.5 Å². The molecule has 20 heavy (non-hydrogen) atoms. The largest absolute Gasteiger partial charge is 0.381 e. The zero-order valence-electron chi connectivity index (χ0n) is 11.8. The van der Waals surface area contributed by atoms with Crippen LogP contribution in [0.2, 0.25) is 0 Å². The smallest absolute Gasteiger partial charge is 0.230 e. The van der Waals surface area contributed by atoms with Crippen molar-refractivity contribution in [3.05, 3.63) is 47.6 Å². The van der Waals surface area contributed by atoms with E-state index in [0.717, 1.165) is 44.2 Å². The Hall–Kier alpha value is -1.68. The molecule has 4 heteroatoms. The Morgan fingerprint density at radius 2 is 2.05 bits per heavy atom. The first-order valence-electron chi connectivity index (χ1n) is 7.27. The summed E-state index contributed by atoms with van der Waals surface area (Å²) in [4.78, 5) is 4.57. The summed E-state index contributed by atoms with van der Waals surface area (Å²) in [6, 6.07) is 10.4. The van der Waals surface area contributed by atoms with E-state index in [1.807, 2.05) is 6.07 Å². The maximum atomic E-state index is 5.46. The van der Waals surface area contributed by atoms with Crippen molar-refractivity contribution >= 4 is 0 Å². The molecule has 0 aliphatic carbocycles. The number of hydrogen-bond donors (Lipinski definition) is 0. The molecule has 0 radical (unpaired) electrons. The molecule has 2 heterocycles. The molecule has 3 rings (SSSR count). The lowest BCUT2D eigenvalue weighted by atomic mass is 9.90. The molecule has 1 fully saturated rings. The van der Waals surface area contributed by atoms with Gasteiger partial charge in [-0.3, -0.25) is 0 Å². The van der Waals surface area contributed by atoms with Crippen LogP contribution < -0.4 is 0 Å². The summed E-state index contributed by atoms with van der Waals surface area (Å²) in [6.07, 6.45) is 2.75. The van der Waals surface area contributed by atoms with E-state index in [0.29, 0.717) is 11.8 Å². The standard InChI is InChI=1S/C16H20N2O2/c1-12-11-19-10-9-14(12)16-17-15(18-20-16)8-7-13-5-3-2-4-6-13/h2-6,12,14H,7-11H2,1H3. The maximum absolute atomic E-state index is 5.46. The lowest BCUT2D eigenvalue weighted by Gasteiger charge is -2.25. The van der Waals surface area contributed by atoms with E-state index < -0.39 is 0 Å². The average molecular weight is 272 g/mol. The van der Waals surface area contributed by atoms with E-state index in [2.05, 4.69) is 41.3 Å². The quantitative estimate of drug-likeness (QED) is 0.858. The highest BCUT2D eigenvalue weighted by Gasteiger charge is 2.28. The summed E-state index contributed by atoms with van der Waals surface area (Å²) in [6.45, 7) is 3.75. The van der Waals surface area contributed by atoms with Crippen LogP contribution in [-0.2, 0) is 17.6 Å². The molecule has 4 nitrogen and oxygen atoms in total. The number of aryl methyl sites for hydroxylation is 2.